The summed E-state index contributed by atoms with van der Waals surface area (Å²) < 4.78 is 0. The Morgan fingerprint density at radius 1 is 1.21 bits per heavy atom. The van der Waals surface area contributed by atoms with Crippen LogP contribution in [-0.4, -0.2) is 29.3 Å². The van der Waals surface area contributed by atoms with E-state index < -0.39 is 0 Å². The van der Waals surface area contributed by atoms with Crippen molar-refractivity contribution < 1.29 is 4.79 Å². The molecule has 102 valence electrons. The molecule has 1 aromatic rings. The van der Waals surface area contributed by atoms with Crippen molar-refractivity contribution in [1.29, 1.82) is 0 Å². The lowest BCUT2D eigenvalue weighted by atomic mass is 10.2. The van der Waals surface area contributed by atoms with Crippen LogP contribution in [0.2, 0.25) is 5.15 Å². The Hall–Kier alpha value is -1.16. The molecule has 2 fully saturated rings. The van der Waals surface area contributed by atoms with Crippen LogP contribution in [0.15, 0.2) is 0 Å². The molecule has 2 aliphatic rings. The molecule has 0 saturated heterocycles. The van der Waals surface area contributed by atoms with Crippen molar-refractivity contribution in [3.8, 4) is 0 Å². The van der Waals surface area contributed by atoms with Gasteiger partial charge in [-0.1, -0.05) is 11.6 Å². The zero-order chi connectivity index (χ0) is 13.4. The van der Waals surface area contributed by atoms with Gasteiger partial charge in [-0.2, -0.15) is 0 Å². The Bertz CT molecular complexity index is 484. The minimum atomic E-state index is 0.272. The number of halogens is 1. The van der Waals surface area contributed by atoms with E-state index >= 15 is 0 Å². The van der Waals surface area contributed by atoms with Gasteiger partial charge in [-0.05, 0) is 44.4 Å². The molecule has 0 aromatic carbocycles. The molecule has 0 aliphatic heterocycles. The summed E-state index contributed by atoms with van der Waals surface area (Å²) in [6.45, 7) is 3.80. The lowest BCUT2D eigenvalue weighted by Crippen LogP contribution is -2.30. The minimum Gasteiger partial charge on any atom is -0.355 e. The molecule has 0 amide bonds. The van der Waals surface area contributed by atoms with Crippen LogP contribution in [0.25, 0.3) is 0 Å². The fraction of sp³-hybridized carbons (Fsp3) is 0.643. The van der Waals surface area contributed by atoms with E-state index in [9.17, 15) is 4.79 Å². The molecule has 19 heavy (non-hydrogen) atoms. The molecule has 1 aromatic heterocycles. The van der Waals surface area contributed by atoms with Gasteiger partial charge in [-0.25, -0.2) is 9.97 Å². The number of anilines is 1. The third kappa shape index (κ3) is 3.06. The summed E-state index contributed by atoms with van der Waals surface area (Å²) in [6, 6.07) is 0. The second kappa shape index (κ2) is 5.08. The predicted octanol–water partition coefficient (Wildman–Crippen LogP) is 2.88. The molecule has 5 heteroatoms. The molecule has 1 heterocycles. The summed E-state index contributed by atoms with van der Waals surface area (Å²) in [6.07, 6.45) is 5.93. The molecule has 4 nitrogen and oxygen atoms in total. The number of carbonyl (C=O) groups excluding carboxylic acids is 1. The highest BCUT2D eigenvalue weighted by Crippen LogP contribution is 2.36. The van der Waals surface area contributed by atoms with Gasteiger partial charge in [0.25, 0.3) is 0 Å². The fourth-order valence-corrected chi connectivity index (χ4v) is 2.60. The molecule has 0 bridgehead atoms. The SMILES string of the molecule is Cc1nc(Cl)c(C=O)c(N(CC2CC2)CC2CC2)n1. The summed E-state index contributed by atoms with van der Waals surface area (Å²) in [7, 11) is 0. The molecule has 2 aliphatic carbocycles. The molecule has 0 atom stereocenters. The first kappa shape index (κ1) is 12.9. The van der Waals surface area contributed by atoms with E-state index in [-0.39, 0.29) is 5.15 Å². The van der Waals surface area contributed by atoms with Crippen LogP contribution in [0.5, 0.6) is 0 Å². The average Bonchev–Trinajstić information content (AvgIpc) is 3.22. The largest absolute Gasteiger partial charge is 0.355 e. The van der Waals surface area contributed by atoms with Crippen LogP contribution in [0.3, 0.4) is 0 Å². The highest BCUT2D eigenvalue weighted by molar-refractivity contribution is 6.32. The Morgan fingerprint density at radius 2 is 1.79 bits per heavy atom. The summed E-state index contributed by atoms with van der Waals surface area (Å²) in [5, 5.41) is 0.272. The van der Waals surface area contributed by atoms with Gasteiger partial charge in [0, 0.05) is 13.1 Å². The summed E-state index contributed by atoms with van der Waals surface area (Å²) in [4.78, 5) is 22.1. The predicted molar refractivity (Wildman–Crippen MR) is 74.8 cm³/mol. The number of aryl methyl sites for hydroxylation is 1. The smallest absolute Gasteiger partial charge is 0.156 e. The molecule has 2 saturated carbocycles. The van der Waals surface area contributed by atoms with E-state index in [1.165, 1.54) is 25.7 Å². The first-order valence-corrected chi connectivity index (χ1v) is 7.29. The van der Waals surface area contributed by atoms with Gasteiger partial charge in [0.15, 0.2) is 6.29 Å². The molecule has 0 spiro atoms. The number of hydrogen-bond donors (Lipinski definition) is 0. The molecular weight excluding hydrogens is 262 g/mol. The molecule has 3 rings (SSSR count). The van der Waals surface area contributed by atoms with E-state index in [0.717, 1.165) is 37.0 Å². The topological polar surface area (TPSA) is 46.1 Å². The van der Waals surface area contributed by atoms with Gasteiger partial charge in [-0.15, -0.1) is 0 Å². The zero-order valence-electron chi connectivity index (χ0n) is 11.1. The maximum absolute atomic E-state index is 11.3. The highest BCUT2D eigenvalue weighted by Gasteiger charge is 2.31. The van der Waals surface area contributed by atoms with Crippen LogP contribution < -0.4 is 4.90 Å². The van der Waals surface area contributed by atoms with Gasteiger partial charge >= 0.3 is 0 Å². The maximum atomic E-state index is 11.3. The van der Waals surface area contributed by atoms with Crippen LogP contribution in [0.4, 0.5) is 5.82 Å². The van der Waals surface area contributed by atoms with E-state index in [0.29, 0.717) is 11.4 Å². The van der Waals surface area contributed by atoms with Crippen molar-refractivity contribution in [3.63, 3.8) is 0 Å². The molecule has 0 N–H and O–H groups in total. The van der Waals surface area contributed by atoms with E-state index in [4.69, 9.17) is 11.6 Å². The maximum Gasteiger partial charge on any atom is 0.156 e. The van der Waals surface area contributed by atoms with Crippen molar-refractivity contribution in [3.05, 3.63) is 16.5 Å². The van der Waals surface area contributed by atoms with Crippen LogP contribution in [-0.2, 0) is 0 Å². The number of aromatic nitrogens is 2. The lowest BCUT2D eigenvalue weighted by molar-refractivity contribution is 0.112. The van der Waals surface area contributed by atoms with Crippen molar-refractivity contribution >= 4 is 23.7 Å². The molecule has 0 radical (unpaired) electrons. The first-order valence-electron chi connectivity index (χ1n) is 6.91. The Labute approximate surface area is 118 Å². The number of carbonyl (C=O) groups is 1. The molecule has 0 unspecified atom stereocenters. The number of hydrogen-bond acceptors (Lipinski definition) is 4. The third-order valence-electron chi connectivity index (χ3n) is 3.76. The fourth-order valence-electron chi connectivity index (χ4n) is 2.35. The minimum absolute atomic E-state index is 0.272. The summed E-state index contributed by atoms with van der Waals surface area (Å²) in [5.41, 5.74) is 0.438. The quantitative estimate of drug-likeness (QED) is 0.593. The summed E-state index contributed by atoms with van der Waals surface area (Å²) in [5.74, 6) is 2.87. The lowest BCUT2D eigenvalue weighted by Gasteiger charge is -2.25. The highest BCUT2D eigenvalue weighted by atomic mass is 35.5. The van der Waals surface area contributed by atoms with Crippen LogP contribution in [0.1, 0.15) is 41.9 Å². The van der Waals surface area contributed by atoms with Gasteiger partial charge in [0.05, 0.1) is 5.56 Å². The van der Waals surface area contributed by atoms with Gasteiger partial charge < -0.3 is 4.90 Å². The second-order valence-corrected chi connectivity index (χ2v) is 6.07. The second-order valence-electron chi connectivity index (χ2n) is 5.71. The first-order chi connectivity index (χ1) is 9.17. The standard InChI is InChI=1S/C14H18ClN3O/c1-9-16-13(15)12(8-19)14(17-9)18(6-10-2-3-10)7-11-4-5-11/h8,10-11H,2-7H2,1H3. The van der Waals surface area contributed by atoms with Crippen molar-refractivity contribution in [2.75, 3.05) is 18.0 Å². The number of aldehydes is 1. The summed E-state index contributed by atoms with van der Waals surface area (Å²) >= 11 is 6.07. The average molecular weight is 280 g/mol. The van der Waals surface area contributed by atoms with Crippen LogP contribution in [0, 0.1) is 18.8 Å². The van der Waals surface area contributed by atoms with E-state index in [1.807, 2.05) is 6.92 Å². The van der Waals surface area contributed by atoms with Crippen molar-refractivity contribution in [1.82, 2.24) is 9.97 Å². The normalized spacial score (nSPS) is 18.4. The number of rotatable bonds is 6. The van der Waals surface area contributed by atoms with Gasteiger partial charge in [0.1, 0.15) is 16.8 Å². The number of nitrogens with zero attached hydrogens (tertiary/aromatic N) is 3. The van der Waals surface area contributed by atoms with Gasteiger partial charge in [-0.3, -0.25) is 4.79 Å². The van der Waals surface area contributed by atoms with E-state index in [2.05, 4.69) is 14.9 Å². The van der Waals surface area contributed by atoms with Crippen molar-refractivity contribution in [2.24, 2.45) is 11.8 Å². The molecular formula is C14H18ClN3O. The zero-order valence-corrected chi connectivity index (χ0v) is 11.9. The van der Waals surface area contributed by atoms with E-state index in [1.54, 1.807) is 0 Å². The van der Waals surface area contributed by atoms with Gasteiger partial charge in [0.2, 0.25) is 0 Å². The Balaban J connectivity index is 1.91. The third-order valence-corrected chi connectivity index (χ3v) is 4.05. The van der Waals surface area contributed by atoms with Crippen molar-refractivity contribution in [2.45, 2.75) is 32.6 Å². The van der Waals surface area contributed by atoms with Crippen LogP contribution >= 0.6 is 11.6 Å². The Morgan fingerprint density at radius 3 is 2.26 bits per heavy atom. The monoisotopic (exact) mass is 279 g/mol. The Kier molecular flexibility index (Phi) is 3.44.